The molecule has 4 rings (SSSR count). The first-order chi connectivity index (χ1) is 19.5. The van der Waals surface area contributed by atoms with Crippen molar-refractivity contribution in [3.8, 4) is 5.75 Å². The van der Waals surface area contributed by atoms with E-state index in [-0.39, 0.29) is 12.4 Å². The van der Waals surface area contributed by atoms with E-state index < -0.39 is 30.3 Å². The second kappa shape index (κ2) is 14.8. The molecular formula is C32H35FN2O5. The van der Waals surface area contributed by atoms with Gasteiger partial charge in [0.25, 0.3) is 0 Å². The number of hydrogen-bond acceptors (Lipinski definition) is 7. The molecule has 2 aromatic carbocycles. The van der Waals surface area contributed by atoms with Crippen molar-refractivity contribution in [3.05, 3.63) is 94.9 Å². The van der Waals surface area contributed by atoms with Crippen LogP contribution in [0.25, 0.3) is 6.08 Å². The lowest BCUT2D eigenvalue weighted by molar-refractivity contribution is -0.155. The molecule has 0 bridgehead atoms. The van der Waals surface area contributed by atoms with Crippen LogP contribution in [-0.2, 0) is 38.5 Å². The fourth-order valence-corrected chi connectivity index (χ4v) is 4.45. The van der Waals surface area contributed by atoms with Crippen molar-refractivity contribution in [1.82, 2.24) is 4.98 Å². The molecule has 1 atom stereocenters. The van der Waals surface area contributed by atoms with E-state index >= 15 is 0 Å². The smallest absolute Gasteiger partial charge is 0.317 e. The average Bonchev–Trinajstić information content (AvgIpc) is 2.97. The molecule has 0 saturated carbocycles. The van der Waals surface area contributed by atoms with E-state index in [2.05, 4.69) is 22.2 Å². The molecule has 0 aliphatic carbocycles. The lowest BCUT2D eigenvalue weighted by atomic mass is 10.0. The number of carbonyl (C=O) groups excluding carboxylic acids is 2. The second-order valence-corrected chi connectivity index (χ2v) is 9.69. The number of carbonyl (C=O) groups is 2. The van der Waals surface area contributed by atoms with Gasteiger partial charge in [-0.1, -0.05) is 48.5 Å². The third-order valence-corrected chi connectivity index (χ3v) is 6.62. The molecule has 0 saturated heterocycles. The molecule has 1 aliphatic rings. The Labute approximate surface area is 234 Å². The van der Waals surface area contributed by atoms with Crippen LogP contribution in [0.1, 0.15) is 54.5 Å². The summed E-state index contributed by atoms with van der Waals surface area (Å²) in [5.41, 5.74) is 3.82. The molecular weight excluding hydrogens is 511 g/mol. The molecule has 40 heavy (non-hydrogen) atoms. The summed E-state index contributed by atoms with van der Waals surface area (Å²) in [6.07, 6.45) is 7.53. The fraction of sp³-hybridized carbons (Fsp3) is 0.344. The van der Waals surface area contributed by atoms with E-state index in [9.17, 15) is 14.0 Å². The van der Waals surface area contributed by atoms with Gasteiger partial charge in [-0.3, -0.25) is 9.59 Å². The van der Waals surface area contributed by atoms with Gasteiger partial charge in [0, 0.05) is 12.2 Å². The zero-order chi connectivity index (χ0) is 28.2. The van der Waals surface area contributed by atoms with Gasteiger partial charge in [0.1, 0.15) is 24.9 Å². The highest BCUT2D eigenvalue weighted by atomic mass is 19.1. The summed E-state index contributed by atoms with van der Waals surface area (Å²) in [5, 5.41) is 3.36. The maximum absolute atomic E-state index is 14.7. The van der Waals surface area contributed by atoms with E-state index in [1.54, 1.807) is 24.3 Å². The summed E-state index contributed by atoms with van der Waals surface area (Å²) in [6.45, 7) is 1.21. The van der Waals surface area contributed by atoms with E-state index in [4.69, 9.17) is 14.5 Å². The van der Waals surface area contributed by atoms with Crippen LogP contribution in [0.5, 0.6) is 5.75 Å². The van der Waals surface area contributed by atoms with Gasteiger partial charge in [0.15, 0.2) is 11.6 Å². The van der Waals surface area contributed by atoms with Crippen LogP contribution < -0.4 is 10.1 Å². The highest BCUT2D eigenvalue weighted by Crippen LogP contribution is 2.22. The Bertz CT molecular complexity index is 1310. The molecule has 2 heterocycles. The first kappa shape index (κ1) is 28.8. The number of benzene rings is 2. The zero-order valence-electron chi connectivity index (χ0n) is 22.7. The van der Waals surface area contributed by atoms with Crippen molar-refractivity contribution in [2.75, 3.05) is 19.0 Å². The largest absolute Gasteiger partial charge is 0.486 e. The normalized spacial score (nSPS) is 13.2. The van der Waals surface area contributed by atoms with E-state index in [0.717, 1.165) is 55.7 Å². The van der Waals surface area contributed by atoms with E-state index in [0.29, 0.717) is 12.0 Å². The monoisotopic (exact) mass is 546 g/mol. The Balaban J connectivity index is 1.33. The van der Waals surface area contributed by atoms with Crippen LogP contribution in [0, 0.1) is 5.82 Å². The molecule has 1 aliphatic heterocycles. The van der Waals surface area contributed by atoms with Crippen LogP contribution in [0.3, 0.4) is 0 Å². The summed E-state index contributed by atoms with van der Waals surface area (Å²) in [7, 11) is 1.22. The maximum atomic E-state index is 14.7. The average molecular weight is 547 g/mol. The minimum Gasteiger partial charge on any atom is -0.486 e. The predicted octanol–water partition coefficient (Wildman–Crippen LogP) is 6.06. The topological polar surface area (TPSA) is 86.8 Å². The maximum Gasteiger partial charge on any atom is 0.317 e. The number of rotatable bonds is 13. The molecule has 8 heteroatoms. The van der Waals surface area contributed by atoms with Gasteiger partial charge in [-0.2, -0.15) is 0 Å². The van der Waals surface area contributed by atoms with Crippen molar-refractivity contribution >= 4 is 23.8 Å². The number of hydrogen-bond donors (Lipinski definition) is 1. The van der Waals surface area contributed by atoms with Gasteiger partial charge in [0.05, 0.1) is 7.11 Å². The first-order valence-corrected chi connectivity index (χ1v) is 13.6. The summed E-state index contributed by atoms with van der Waals surface area (Å²) in [6, 6.07) is 18.4. The lowest BCUT2D eigenvalue weighted by Gasteiger charge is -2.17. The summed E-state index contributed by atoms with van der Waals surface area (Å²) in [4.78, 5) is 28.5. The lowest BCUT2D eigenvalue weighted by Crippen LogP contribution is -2.19. The van der Waals surface area contributed by atoms with Crippen LogP contribution in [0.15, 0.2) is 66.7 Å². The number of fused-ring (bicyclic) bond motifs is 1. The van der Waals surface area contributed by atoms with E-state index in [1.165, 1.54) is 18.7 Å². The van der Waals surface area contributed by atoms with Crippen molar-refractivity contribution in [2.24, 2.45) is 0 Å². The van der Waals surface area contributed by atoms with Gasteiger partial charge in [-0.25, -0.2) is 9.37 Å². The Morgan fingerprint density at radius 2 is 1.93 bits per heavy atom. The number of nitrogens with zero attached hydrogens (tertiary/aromatic N) is 1. The quantitative estimate of drug-likeness (QED) is 0.158. The number of unbranched alkanes of at least 4 members (excludes halogenated alkanes) is 1. The third-order valence-electron chi connectivity index (χ3n) is 6.62. The minimum atomic E-state index is -0.667. The Kier molecular flexibility index (Phi) is 10.7. The van der Waals surface area contributed by atoms with Gasteiger partial charge in [0.2, 0.25) is 0 Å². The van der Waals surface area contributed by atoms with Gasteiger partial charge in [-0.05, 0) is 79.5 Å². The van der Waals surface area contributed by atoms with Crippen molar-refractivity contribution in [1.29, 1.82) is 0 Å². The number of halogens is 1. The number of anilines is 1. The number of aryl methyl sites for hydroxylation is 2. The zero-order valence-corrected chi connectivity index (χ0v) is 22.7. The van der Waals surface area contributed by atoms with Gasteiger partial charge in [-0.15, -0.1) is 0 Å². The summed E-state index contributed by atoms with van der Waals surface area (Å²) >= 11 is 0. The number of pyridine rings is 1. The standard InChI is InChI=1S/C32H35FN2O5/c1-38-30(36)21-31(37)40-27(12-6-5-11-26-16-15-25-10-7-19-34-32(25)35-26)17-13-23-14-18-29(28(33)20-23)39-22-24-8-3-2-4-9-24/h2-4,8-9,13-18,20,27H,5-7,10-12,19,21-22H2,1H3,(H,34,35)/b17-13+. The molecule has 0 radical (unpaired) electrons. The number of ether oxygens (including phenoxy) is 3. The summed E-state index contributed by atoms with van der Waals surface area (Å²) < 4.78 is 30.4. The van der Waals surface area contributed by atoms with Crippen molar-refractivity contribution in [2.45, 2.75) is 57.7 Å². The molecule has 7 nitrogen and oxygen atoms in total. The molecule has 0 amide bonds. The molecule has 3 aromatic rings. The Morgan fingerprint density at radius 1 is 1.07 bits per heavy atom. The molecule has 1 unspecified atom stereocenters. The highest BCUT2D eigenvalue weighted by molar-refractivity contribution is 5.91. The SMILES string of the molecule is COC(=O)CC(=O)OC(/C=C/c1ccc(OCc2ccccc2)c(F)c1)CCCCc1ccc2c(n1)NCCC2. The predicted molar refractivity (Wildman–Crippen MR) is 151 cm³/mol. The number of esters is 2. The van der Waals surface area contributed by atoms with Crippen LogP contribution >= 0.6 is 0 Å². The van der Waals surface area contributed by atoms with Crippen LogP contribution in [0.4, 0.5) is 10.2 Å². The second-order valence-electron chi connectivity index (χ2n) is 9.69. The Hall–Kier alpha value is -4.20. The summed E-state index contributed by atoms with van der Waals surface area (Å²) in [5.74, 6) is -0.671. The van der Waals surface area contributed by atoms with Crippen LogP contribution in [0.2, 0.25) is 0 Å². The number of nitrogens with one attached hydrogen (secondary N) is 1. The number of aromatic nitrogens is 1. The molecule has 1 aromatic heterocycles. The Morgan fingerprint density at radius 3 is 2.73 bits per heavy atom. The van der Waals surface area contributed by atoms with Crippen molar-refractivity contribution < 1.29 is 28.2 Å². The molecule has 1 N–H and O–H groups in total. The molecule has 0 spiro atoms. The fourth-order valence-electron chi connectivity index (χ4n) is 4.45. The molecule has 0 fully saturated rings. The molecule has 210 valence electrons. The highest BCUT2D eigenvalue weighted by Gasteiger charge is 2.16. The van der Waals surface area contributed by atoms with Crippen molar-refractivity contribution in [3.63, 3.8) is 0 Å². The van der Waals surface area contributed by atoms with E-state index in [1.807, 2.05) is 30.3 Å². The number of methoxy groups -OCH3 is 1. The van der Waals surface area contributed by atoms with Gasteiger partial charge < -0.3 is 19.5 Å². The third kappa shape index (κ3) is 8.93. The van der Waals surface area contributed by atoms with Gasteiger partial charge >= 0.3 is 11.9 Å². The first-order valence-electron chi connectivity index (χ1n) is 13.6. The minimum absolute atomic E-state index is 0.160. The van der Waals surface area contributed by atoms with Crippen LogP contribution in [-0.4, -0.2) is 36.7 Å².